The molecule has 0 aromatic heterocycles. The predicted molar refractivity (Wildman–Crippen MR) is 87.3 cm³/mol. The zero-order valence-corrected chi connectivity index (χ0v) is 14.3. The Hall–Kier alpha value is -1.10. The molecule has 1 atom stereocenters. The summed E-state index contributed by atoms with van der Waals surface area (Å²) in [5.41, 5.74) is -0.112. The van der Waals surface area contributed by atoms with Gasteiger partial charge in [0.05, 0.1) is 0 Å². The van der Waals surface area contributed by atoms with Crippen molar-refractivity contribution in [2.45, 2.75) is 71.8 Å². The van der Waals surface area contributed by atoms with Gasteiger partial charge in [0.1, 0.15) is 0 Å². The third-order valence-corrected chi connectivity index (χ3v) is 4.41. The van der Waals surface area contributed by atoms with Crippen molar-refractivity contribution in [3.8, 4) is 0 Å². The highest BCUT2D eigenvalue weighted by Crippen LogP contribution is 2.23. The number of carbonyl (C=O) groups excluding carboxylic acids is 2. The van der Waals surface area contributed by atoms with Gasteiger partial charge in [0, 0.05) is 31.5 Å². The Morgan fingerprint density at radius 1 is 1.23 bits per heavy atom. The quantitative estimate of drug-likeness (QED) is 0.641. The van der Waals surface area contributed by atoms with Crippen molar-refractivity contribution in [1.29, 1.82) is 0 Å². The maximum atomic E-state index is 12.1. The molecule has 22 heavy (non-hydrogen) atoms. The zero-order chi connectivity index (χ0) is 16.6. The Morgan fingerprint density at radius 2 is 1.86 bits per heavy atom. The molecule has 0 spiro atoms. The Morgan fingerprint density at radius 3 is 2.45 bits per heavy atom. The van der Waals surface area contributed by atoms with E-state index in [4.69, 9.17) is 5.11 Å². The van der Waals surface area contributed by atoms with Crippen molar-refractivity contribution < 1.29 is 14.7 Å². The summed E-state index contributed by atoms with van der Waals surface area (Å²) in [7, 11) is 0. The molecule has 1 fully saturated rings. The zero-order valence-electron chi connectivity index (χ0n) is 14.3. The average Bonchev–Trinajstić information content (AvgIpc) is 2.46. The van der Waals surface area contributed by atoms with Crippen molar-refractivity contribution in [1.82, 2.24) is 10.6 Å². The van der Waals surface area contributed by atoms with Crippen molar-refractivity contribution in [3.63, 3.8) is 0 Å². The van der Waals surface area contributed by atoms with E-state index in [9.17, 15) is 9.59 Å². The molecule has 5 nitrogen and oxygen atoms in total. The lowest BCUT2D eigenvalue weighted by atomic mass is 9.88. The predicted octanol–water partition coefficient (Wildman–Crippen LogP) is 1.99. The average molecular weight is 312 g/mol. The van der Waals surface area contributed by atoms with Gasteiger partial charge < -0.3 is 15.7 Å². The van der Waals surface area contributed by atoms with Crippen LogP contribution in [-0.2, 0) is 9.59 Å². The number of nitrogens with one attached hydrogen (secondary N) is 2. The van der Waals surface area contributed by atoms with E-state index in [-0.39, 0.29) is 35.8 Å². The van der Waals surface area contributed by atoms with E-state index in [1.54, 1.807) is 0 Å². The number of aliphatic hydroxyl groups excluding tert-OH is 1. The smallest absolute Gasteiger partial charge is 0.223 e. The van der Waals surface area contributed by atoms with Crippen LogP contribution in [0.15, 0.2) is 0 Å². The van der Waals surface area contributed by atoms with Crippen LogP contribution in [-0.4, -0.2) is 36.1 Å². The summed E-state index contributed by atoms with van der Waals surface area (Å²) in [5.74, 6) is 0.172. The summed E-state index contributed by atoms with van der Waals surface area (Å²) in [6, 6.07) is -0.143. The van der Waals surface area contributed by atoms with Gasteiger partial charge in [-0.1, -0.05) is 33.1 Å². The van der Waals surface area contributed by atoms with Gasteiger partial charge in [0.2, 0.25) is 11.8 Å². The molecular formula is C17H32N2O3. The molecule has 1 aliphatic rings. The lowest BCUT2D eigenvalue weighted by Gasteiger charge is -2.25. The van der Waals surface area contributed by atoms with Crippen LogP contribution in [0.5, 0.6) is 0 Å². The highest BCUT2D eigenvalue weighted by atomic mass is 16.3. The van der Waals surface area contributed by atoms with E-state index in [1.807, 2.05) is 20.8 Å². The number of carbonyl (C=O) groups is 2. The molecule has 0 aromatic carbocycles. The monoisotopic (exact) mass is 312 g/mol. The molecule has 0 saturated heterocycles. The van der Waals surface area contributed by atoms with Crippen LogP contribution in [0, 0.1) is 11.3 Å². The van der Waals surface area contributed by atoms with E-state index < -0.39 is 0 Å². The molecule has 0 aliphatic heterocycles. The largest absolute Gasteiger partial charge is 0.396 e. The molecule has 2 amide bonds. The molecular weight excluding hydrogens is 280 g/mol. The molecule has 0 aromatic rings. The van der Waals surface area contributed by atoms with Crippen LogP contribution in [0.25, 0.3) is 0 Å². The fourth-order valence-electron chi connectivity index (χ4n) is 2.86. The van der Waals surface area contributed by atoms with Gasteiger partial charge in [-0.2, -0.15) is 0 Å². The topological polar surface area (TPSA) is 78.4 Å². The van der Waals surface area contributed by atoms with Gasteiger partial charge in [-0.25, -0.2) is 0 Å². The first-order chi connectivity index (χ1) is 10.3. The van der Waals surface area contributed by atoms with E-state index in [0.29, 0.717) is 19.4 Å². The van der Waals surface area contributed by atoms with Crippen molar-refractivity contribution >= 4 is 11.8 Å². The van der Waals surface area contributed by atoms with Crippen molar-refractivity contribution in [2.75, 3.05) is 13.2 Å². The Bertz CT molecular complexity index is 363. The molecule has 0 bridgehead atoms. The van der Waals surface area contributed by atoms with Crippen LogP contribution < -0.4 is 10.6 Å². The minimum atomic E-state index is -0.143. The van der Waals surface area contributed by atoms with Gasteiger partial charge >= 0.3 is 0 Å². The van der Waals surface area contributed by atoms with Crippen molar-refractivity contribution in [3.05, 3.63) is 0 Å². The van der Waals surface area contributed by atoms with Gasteiger partial charge in [0.15, 0.2) is 0 Å². The molecule has 0 heterocycles. The van der Waals surface area contributed by atoms with Gasteiger partial charge in [-0.05, 0) is 31.6 Å². The first-order valence-corrected chi connectivity index (χ1v) is 8.52. The summed E-state index contributed by atoms with van der Waals surface area (Å²) >= 11 is 0. The van der Waals surface area contributed by atoms with E-state index in [2.05, 4.69) is 10.6 Å². The molecule has 1 unspecified atom stereocenters. The number of amides is 2. The normalized spacial score (nSPS) is 17.8. The second kappa shape index (κ2) is 9.13. The second-order valence-corrected chi connectivity index (χ2v) is 7.36. The summed E-state index contributed by atoms with van der Waals surface area (Å²) in [6.07, 6.45) is 6.39. The fraction of sp³-hybridized carbons (Fsp3) is 0.882. The molecule has 1 aliphatic carbocycles. The number of rotatable bonds is 8. The Labute approximate surface area is 134 Å². The third kappa shape index (κ3) is 7.25. The summed E-state index contributed by atoms with van der Waals surface area (Å²) in [6.45, 7) is 6.56. The van der Waals surface area contributed by atoms with Crippen molar-refractivity contribution in [2.24, 2.45) is 11.3 Å². The standard InChI is InChI=1S/C17H32N2O3/c1-13(19-16(22)14-7-5-4-6-8-14)11-15(21)18-12-17(2,3)9-10-20/h13-14,20H,4-12H2,1-3H3,(H,18,21)(H,19,22). The lowest BCUT2D eigenvalue weighted by molar-refractivity contribution is -0.127. The van der Waals surface area contributed by atoms with Crippen LogP contribution >= 0.6 is 0 Å². The molecule has 1 rings (SSSR count). The summed E-state index contributed by atoms with van der Waals surface area (Å²) in [5, 5.41) is 14.8. The van der Waals surface area contributed by atoms with Crippen LogP contribution in [0.1, 0.15) is 65.7 Å². The number of hydrogen-bond acceptors (Lipinski definition) is 3. The molecule has 0 radical (unpaired) electrons. The van der Waals surface area contributed by atoms with Crippen LogP contribution in [0.2, 0.25) is 0 Å². The second-order valence-electron chi connectivity index (χ2n) is 7.36. The summed E-state index contributed by atoms with van der Waals surface area (Å²) < 4.78 is 0. The Balaban J connectivity index is 2.27. The van der Waals surface area contributed by atoms with E-state index in [1.165, 1.54) is 6.42 Å². The van der Waals surface area contributed by atoms with Gasteiger partial charge in [-0.15, -0.1) is 0 Å². The highest BCUT2D eigenvalue weighted by Gasteiger charge is 2.23. The fourth-order valence-corrected chi connectivity index (χ4v) is 2.86. The third-order valence-electron chi connectivity index (χ3n) is 4.41. The van der Waals surface area contributed by atoms with E-state index >= 15 is 0 Å². The summed E-state index contributed by atoms with van der Waals surface area (Å²) in [4.78, 5) is 24.1. The first-order valence-electron chi connectivity index (χ1n) is 8.52. The molecule has 5 heteroatoms. The molecule has 3 N–H and O–H groups in total. The highest BCUT2D eigenvalue weighted by molar-refractivity contribution is 5.81. The van der Waals surface area contributed by atoms with E-state index in [0.717, 1.165) is 25.7 Å². The van der Waals surface area contributed by atoms with Crippen LogP contribution in [0.4, 0.5) is 0 Å². The van der Waals surface area contributed by atoms with Gasteiger partial charge in [-0.3, -0.25) is 9.59 Å². The SMILES string of the molecule is CC(CC(=O)NCC(C)(C)CCO)NC(=O)C1CCCCC1. The Kier molecular flexibility index (Phi) is 7.87. The number of aliphatic hydroxyl groups is 1. The van der Waals surface area contributed by atoms with Gasteiger partial charge in [0.25, 0.3) is 0 Å². The lowest BCUT2D eigenvalue weighted by Crippen LogP contribution is -2.42. The maximum Gasteiger partial charge on any atom is 0.223 e. The molecule has 1 saturated carbocycles. The number of hydrogen-bond donors (Lipinski definition) is 3. The minimum absolute atomic E-state index is 0.0533. The maximum absolute atomic E-state index is 12.1. The molecule has 128 valence electrons. The van der Waals surface area contributed by atoms with Crippen LogP contribution in [0.3, 0.4) is 0 Å². The minimum Gasteiger partial charge on any atom is -0.396 e. The first kappa shape index (κ1) is 18.9.